The van der Waals surface area contributed by atoms with E-state index in [4.69, 9.17) is 21.8 Å². The van der Waals surface area contributed by atoms with E-state index in [9.17, 15) is 8.42 Å². The van der Waals surface area contributed by atoms with Gasteiger partial charge in [0.05, 0.1) is 22.6 Å². The molecule has 2 aromatic rings. The zero-order valence-electron chi connectivity index (χ0n) is 10.9. The molecule has 1 aliphatic heterocycles. The molecule has 0 bridgehead atoms. The summed E-state index contributed by atoms with van der Waals surface area (Å²) in [6.45, 7) is 0. The summed E-state index contributed by atoms with van der Waals surface area (Å²) < 4.78 is 28.6. The molecule has 0 radical (unpaired) electrons. The third-order valence-electron chi connectivity index (χ3n) is 3.79. The number of fused-ring (bicyclic) bond motifs is 1. The van der Waals surface area contributed by atoms with Crippen LogP contribution in [0, 0.1) is 5.92 Å². The average molecular weight is 314 g/mol. The van der Waals surface area contributed by atoms with Crippen molar-refractivity contribution in [2.75, 3.05) is 11.5 Å². The summed E-state index contributed by atoms with van der Waals surface area (Å²) in [6.07, 6.45) is 1.31. The molecule has 0 saturated carbocycles. The zero-order valence-corrected chi connectivity index (χ0v) is 12.5. The number of hydrogen-bond donors (Lipinski definition) is 1. The van der Waals surface area contributed by atoms with Crippen molar-refractivity contribution in [2.24, 2.45) is 11.7 Å². The van der Waals surface area contributed by atoms with Crippen LogP contribution < -0.4 is 5.73 Å². The number of halogens is 1. The van der Waals surface area contributed by atoms with Crippen molar-refractivity contribution in [1.82, 2.24) is 0 Å². The van der Waals surface area contributed by atoms with Gasteiger partial charge in [-0.3, -0.25) is 0 Å². The highest BCUT2D eigenvalue weighted by atomic mass is 35.5. The van der Waals surface area contributed by atoms with Crippen molar-refractivity contribution in [3.63, 3.8) is 0 Å². The standard InChI is InChI=1S/C14H16ClNO3S/c15-11-3-1-2-10-7-13(19-14(10)11)12(16)6-9-4-5-20(17,18)8-9/h1-3,7,9,12H,4-6,8,16H2. The predicted molar refractivity (Wildman–Crippen MR) is 79.5 cm³/mol. The van der Waals surface area contributed by atoms with Gasteiger partial charge in [0.15, 0.2) is 15.4 Å². The number of para-hydroxylation sites is 1. The van der Waals surface area contributed by atoms with Gasteiger partial charge in [-0.15, -0.1) is 0 Å². The minimum absolute atomic E-state index is 0.124. The van der Waals surface area contributed by atoms with E-state index in [-0.39, 0.29) is 23.5 Å². The molecule has 1 aliphatic rings. The summed E-state index contributed by atoms with van der Waals surface area (Å²) in [7, 11) is -2.86. The van der Waals surface area contributed by atoms with E-state index in [0.29, 0.717) is 29.2 Å². The number of furan rings is 1. The van der Waals surface area contributed by atoms with Crippen molar-refractivity contribution < 1.29 is 12.8 Å². The highest BCUT2D eigenvalue weighted by Gasteiger charge is 2.30. The first-order chi connectivity index (χ1) is 9.44. The molecule has 4 nitrogen and oxygen atoms in total. The van der Waals surface area contributed by atoms with E-state index in [1.54, 1.807) is 6.07 Å². The number of nitrogens with two attached hydrogens (primary N) is 1. The molecular formula is C14H16ClNO3S. The highest BCUT2D eigenvalue weighted by molar-refractivity contribution is 7.91. The maximum Gasteiger partial charge on any atom is 0.152 e. The molecule has 1 aromatic carbocycles. The topological polar surface area (TPSA) is 73.3 Å². The van der Waals surface area contributed by atoms with Gasteiger partial charge in [-0.05, 0) is 30.9 Å². The third-order valence-corrected chi connectivity index (χ3v) is 5.93. The summed E-state index contributed by atoms with van der Waals surface area (Å²) in [6, 6.07) is 7.14. The van der Waals surface area contributed by atoms with Crippen molar-refractivity contribution in [1.29, 1.82) is 0 Å². The summed E-state index contributed by atoms with van der Waals surface area (Å²) in [4.78, 5) is 0. The van der Waals surface area contributed by atoms with Crippen LogP contribution in [0.4, 0.5) is 0 Å². The molecule has 3 rings (SSSR count). The van der Waals surface area contributed by atoms with Gasteiger partial charge in [-0.2, -0.15) is 0 Å². The van der Waals surface area contributed by atoms with Crippen LogP contribution in [0.5, 0.6) is 0 Å². The van der Waals surface area contributed by atoms with Crippen LogP contribution in [-0.4, -0.2) is 19.9 Å². The van der Waals surface area contributed by atoms with Crippen molar-refractivity contribution in [3.05, 3.63) is 35.0 Å². The molecule has 2 atom stereocenters. The smallest absolute Gasteiger partial charge is 0.152 e. The lowest BCUT2D eigenvalue weighted by atomic mass is 9.98. The maximum absolute atomic E-state index is 11.5. The number of benzene rings is 1. The Labute approximate surface area is 122 Å². The summed E-state index contributed by atoms with van der Waals surface area (Å²) >= 11 is 6.07. The van der Waals surface area contributed by atoms with Crippen LogP contribution in [0.3, 0.4) is 0 Å². The van der Waals surface area contributed by atoms with Crippen LogP contribution in [0.25, 0.3) is 11.0 Å². The van der Waals surface area contributed by atoms with E-state index in [1.807, 2.05) is 18.2 Å². The van der Waals surface area contributed by atoms with Crippen molar-refractivity contribution in [2.45, 2.75) is 18.9 Å². The highest BCUT2D eigenvalue weighted by Crippen LogP contribution is 2.32. The van der Waals surface area contributed by atoms with Crippen LogP contribution >= 0.6 is 11.6 Å². The Morgan fingerprint density at radius 1 is 1.45 bits per heavy atom. The Morgan fingerprint density at radius 3 is 2.90 bits per heavy atom. The van der Waals surface area contributed by atoms with Crippen LogP contribution in [-0.2, 0) is 9.84 Å². The van der Waals surface area contributed by atoms with Gasteiger partial charge in [0.1, 0.15) is 5.76 Å². The van der Waals surface area contributed by atoms with Gasteiger partial charge < -0.3 is 10.2 Å². The molecule has 0 amide bonds. The Morgan fingerprint density at radius 2 is 2.25 bits per heavy atom. The lowest BCUT2D eigenvalue weighted by Crippen LogP contribution is -2.15. The second-order valence-electron chi connectivity index (χ2n) is 5.42. The Hall–Kier alpha value is -1.04. The molecule has 1 saturated heterocycles. The molecule has 20 heavy (non-hydrogen) atoms. The first-order valence-corrected chi connectivity index (χ1v) is 8.78. The van der Waals surface area contributed by atoms with Crippen molar-refractivity contribution >= 4 is 32.4 Å². The fourth-order valence-electron chi connectivity index (χ4n) is 2.76. The van der Waals surface area contributed by atoms with Gasteiger partial charge in [0.25, 0.3) is 0 Å². The second-order valence-corrected chi connectivity index (χ2v) is 8.05. The van der Waals surface area contributed by atoms with E-state index >= 15 is 0 Å². The molecule has 1 aromatic heterocycles. The van der Waals surface area contributed by atoms with Crippen LogP contribution in [0.2, 0.25) is 5.02 Å². The van der Waals surface area contributed by atoms with E-state index in [2.05, 4.69) is 0 Å². The van der Waals surface area contributed by atoms with E-state index < -0.39 is 9.84 Å². The number of hydrogen-bond acceptors (Lipinski definition) is 4. The molecular weight excluding hydrogens is 298 g/mol. The molecule has 2 N–H and O–H groups in total. The maximum atomic E-state index is 11.5. The van der Waals surface area contributed by atoms with E-state index in [1.165, 1.54) is 0 Å². The largest absolute Gasteiger partial charge is 0.458 e. The van der Waals surface area contributed by atoms with Gasteiger partial charge >= 0.3 is 0 Å². The SMILES string of the molecule is NC(CC1CCS(=O)(=O)C1)c1cc2cccc(Cl)c2o1. The first-order valence-electron chi connectivity index (χ1n) is 6.58. The lowest BCUT2D eigenvalue weighted by molar-refractivity contribution is 0.419. The monoisotopic (exact) mass is 313 g/mol. The minimum atomic E-state index is -2.86. The van der Waals surface area contributed by atoms with Crippen LogP contribution in [0.1, 0.15) is 24.6 Å². The first kappa shape index (κ1) is 13.9. The summed E-state index contributed by atoms with van der Waals surface area (Å²) in [5.41, 5.74) is 6.78. The molecule has 1 fully saturated rings. The number of rotatable bonds is 3. The predicted octanol–water partition coefficient (Wildman–Crippen LogP) is 2.91. The van der Waals surface area contributed by atoms with Gasteiger partial charge in [-0.1, -0.05) is 23.7 Å². The van der Waals surface area contributed by atoms with Gasteiger partial charge in [-0.25, -0.2) is 8.42 Å². The molecule has 0 spiro atoms. The normalized spacial score (nSPS) is 23.2. The van der Waals surface area contributed by atoms with Crippen LogP contribution in [0.15, 0.2) is 28.7 Å². The number of sulfone groups is 1. The molecule has 6 heteroatoms. The fourth-order valence-corrected chi connectivity index (χ4v) is 4.86. The quantitative estimate of drug-likeness (QED) is 0.945. The summed E-state index contributed by atoms with van der Waals surface area (Å²) in [5, 5.41) is 1.48. The molecule has 2 unspecified atom stereocenters. The molecule has 2 heterocycles. The molecule has 0 aliphatic carbocycles. The zero-order chi connectivity index (χ0) is 14.3. The Balaban J connectivity index is 1.79. The minimum Gasteiger partial charge on any atom is -0.458 e. The lowest BCUT2D eigenvalue weighted by Gasteiger charge is -2.12. The van der Waals surface area contributed by atoms with Gasteiger partial charge in [0.2, 0.25) is 0 Å². The fraction of sp³-hybridized carbons (Fsp3) is 0.429. The molecule has 108 valence electrons. The third kappa shape index (κ3) is 2.71. The Kier molecular flexibility index (Phi) is 3.52. The Bertz CT molecular complexity index is 738. The average Bonchev–Trinajstić information content (AvgIpc) is 2.94. The van der Waals surface area contributed by atoms with Gasteiger partial charge in [0, 0.05) is 5.39 Å². The summed E-state index contributed by atoms with van der Waals surface area (Å²) in [5.74, 6) is 1.30. The van der Waals surface area contributed by atoms with E-state index in [0.717, 1.165) is 5.39 Å². The van der Waals surface area contributed by atoms with Crippen molar-refractivity contribution in [3.8, 4) is 0 Å². The second kappa shape index (κ2) is 5.06.